The molecule has 0 aliphatic heterocycles. The maximum absolute atomic E-state index is 12.5. The summed E-state index contributed by atoms with van der Waals surface area (Å²) in [6.07, 6.45) is 0. The maximum atomic E-state index is 12.5. The number of hydrogen-bond acceptors (Lipinski definition) is 4. The standard InChI is InChI=1S/C22H20N4O2/c1-23-16-7-3-15(4-8-16)22(27)24-17-9-12-19-20(13-17)26-21(25-19)14-5-10-18(28-2)11-6-14/h3-13,23H,1-2H3,(H,24,27)(H,25,26). The third-order valence-corrected chi connectivity index (χ3v) is 4.54. The molecule has 4 rings (SSSR count). The quantitative estimate of drug-likeness (QED) is 0.481. The van der Waals surface area contributed by atoms with E-state index >= 15 is 0 Å². The molecule has 6 heteroatoms. The second kappa shape index (κ2) is 7.44. The molecule has 1 aromatic heterocycles. The number of carbonyl (C=O) groups excluding carboxylic acids is 1. The van der Waals surface area contributed by atoms with Gasteiger partial charge >= 0.3 is 0 Å². The summed E-state index contributed by atoms with van der Waals surface area (Å²) in [5.41, 5.74) is 4.92. The average Bonchev–Trinajstić information content (AvgIpc) is 3.17. The molecule has 0 aliphatic carbocycles. The van der Waals surface area contributed by atoms with Crippen LogP contribution < -0.4 is 15.4 Å². The summed E-state index contributed by atoms with van der Waals surface area (Å²) in [6, 6.07) is 20.6. The molecule has 3 N–H and O–H groups in total. The molecule has 0 bridgehead atoms. The summed E-state index contributed by atoms with van der Waals surface area (Å²) in [5.74, 6) is 1.41. The zero-order valence-corrected chi connectivity index (χ0v) is 15.6. The number of benzene rings is 3. The Hall–Kier alpha value is -3.80. The maximum Gasteiger partial charge on any atom is 0.255 e. The molecule has 140 valence electrons. The van der Waals surface area contributed by atoms with Crippen molar-refractivity contribution >= 4 is 28.3 Å². The van der Waals surface area contributed by atoms with Crippen molar-refractivity contribution in [3.63, 3.8) is 0 Å². The van der Waals surface area contributed by atoms with Crippen LogP contribution in [0.2, 0.25) is 0 Å². The molecule has 0 saturated carbocycles. The Labute approximate surface area is 162 Å². The van der Waals surface area contributed by atoms with Gasteiger partial charge in [0.2, 0.25) is 0 Å². The first-order chi connectivity index (χ1) is 13.7. The third-order valence-electron chi connectivity index (χ3n) is 4.54. The highest BCUT2D eigenvalue weighted by Crippen LogP contribution is 2.25. The van der Waals surface area contributed by atoms with Crippen molar-refractivity contribution in [1.29, 1.82) is 0 Å². The molecular weight excluding hydrogens is 352 g/mol. The van der Waals surface area contributed by atoms with Crippen LogP contribution in [0.25, 0.3) is 22.4 Å². The van der Waals surface area contributed by atoms with Crippen LogP contribution in [0.4, 0.5) is 11.4 Å². The molecule has 6 nitrogen and oxygen atoms in total. The van der Waals surface area contributed by atoms with Crippen molar-refractivity contribution in [3.8, 4) is 17.1 Å². The van der Waals surface area contributed by atoms with E-state index < -0.39 is 0 Å². The fraction of sp³-hybridized carbons (Fsp3) is 0.0909. The summed E-state index contributed by atoms with van der Waals surface area (Å²) in [5, 5.41) is 5.96. The Morgan fingerprint density at radius 3 is 2.36 bits per heavy atom. The number of imidazole rings is 1. The summed E-state index contributed by atoms with van der Waals surface area (Å²) >= 11 is 0. The number of nitrogens with zero attached hydrogens (tertiary/aromatic N) is 1. The van der Waals surface area contributed by atoms with Crippen LogP contribution in [0.15, 0.2) is 66.7 Å². The lowest BCUT2D eigenvalue weighted by atomic mass is 10.2. The highest BCUT2D eigenvalue weighted by atomic mass is 16.5. The Bertz CT molecular complexity index is 1120. The average molecular weight is 372 g/mol. The largest absolute Gasteiger partial charge is 0.497 e. The van der Waals surface area contributed by atoms with Gasteiger partial charge in [-0.1, -0.05) is 0 Å². The molecule has 0 unspecified atom stereocenters. The zero-order valence-electron chi connectivity index (χ0n) is 15.6. The fourth-order valence-electron chi connectivity index (χ4n) is 2.96. The van der Waals surface area contributed by atoms with E-state index in [2.05, 4.69) is 20.6 Å². The minimum atomic E-state index is -0.156. The van der Waals surface area contributed by atoms with Crippen molar-refractivity contribution < 1.29 is 9.53 Å². The molecule has 28 heavy (non-hydrogen) atoms. The van der Waals surface area contributed by atoms with Gasteiger partial charge in [-0.05, 0) is 66.7 Å². The highest BCUT2D eigenvalue weighted by Gasteiger charge is 2.09. The van der Waals surface area contributed by atoms with Gasteiger partial charge in [0.25, 0.3) is 5.91 Å². The Balaban J connectivity index is 1.56. The minimum absolute atomic E-state index is 0.156. The van der Waals surface area contributed by atoms with E-state index in [1.54, 1.807) is 19.2 Å². The molecule has 0 fully saturated rings. The van der Waals surface area contributed by atoms with E-state index in [4.69, 9.17) is 4.74 Å². The lowest BCUT2D eigenvalue weighted by Gasteiger charge is -2.06. The monoisotopic (exact) mass is 372 g/mol. The molecule has 1 amide bonds. The fourth-order valence-corrected chi connectivity index (χ4v) is 2.96. The molecule has 4 aromatic rings. The molecule has 0 atom stereocenters. The van der Waals surface area contributed by atoms with Crippen molar-refractivity contribution in [2.45, 2.75) is 0 Å². The van der Waals surface area contributed by atoms with Crippen LogP contribution in [0.1, 0.15) is 10.4 Å². The van der Waals surface area contributed by atoms with Crippen LogP contribution in [0.5, 0.6) is 5.75 Å². The molecule has 3 aromatic carbocycles. The van der Waals surface area contributed by atoms with Gasteiger partial charge in [-0.25, -0.2) is 4.98 Å². The van der Waals surface area contributed by atoms with Gasteiger partial charge in [0.05, 0.1) is 18.1 Å². The summed E-state index contributed by atoms with van der Waals surface area (Å²) < 4.78 is 5.19. The number of amides is 1. The van der Waals surface area contributed by atoms with E-state index in [-0.39, 0.29) is 5.91 Å². The Morgan fingerprint density at radius 1 is 0.964 bits per heavy atom. The number of nitrogens with one attached hydrogen (secondary N) is 3. The molecule has 0 saturated heterocycles. The highest BCUT2D eigenvalue weighted by molar-refractivity contribution is 6.05. The third kappa shape index (κ3) is 3.53. The second-order valence-electron chi connectivity index (χ2n) is 6.33. The lowest BCUT2D eigenvalue weighted by molar-refractivity contribution is 0.102. The number of rotatable bonds is 5. The van der Waals surface area contributed by atoms with Crippen LogP contribution in [0, 0.1) is 0 Å². The number of carbonyl (C=O) groups is 1. The first-order valence-corrected chi connectivity index (χ1v) is 8.89. The van der Waals surface area contributed by atoms with E-state index in [1.165, 1.54) is 0 Å². The predicted molar refractivity (Wildman–Crippen MR) is 112 cm³/mol. The van der Waals surface area contributed by atoms with Gasteiger partial charge in [-0.2, -0.15) is 0 Å². The summed E-state index contributed by atoms with van der Waals surface area (Å²) in [6.45, 7) is 0. The van der Waals surface area contributed by atoms with E-state index in [0.29, 0.717) is 11.3 Å². The Kier molecular flexibility index (Phi) is 4.68. The number of anilines is 2. The second-order valence-corrected chi connectivity index (χ2v) is 6.33. The normalized spacial score (nSPS) is 10.6. The number of methoxy groups -OCH3 is 1. The van der Waals surface area contributed by atoms with Gasteiger partial charge in [-0.15, -0.1) is 0 Å². The molecule has 0 spiro atoms. The smallest absolute Gasteiger partial charge is 0.255 e. The summed E-state index contributed by atoms with van der Waals surface area (Å²) in [4.78, 5) is 20.4. The van der Waals surface area contributed by atoms with Crippen molar-refractivity contribution in [2.75, 3.05) is 24.8 Å². The van der Waals surface area contributed by atoms with Gasteiger partial charge in [0.1, 0.15) is 11.6 Å². The van der Waals surface area contributed by atoms with Crippen LogP contribution in [-0.2, 0) is 0 Å². The molecule has 0 aliphatic rings. The van der Waals surface area contributed by atoms with Crippen molar-refractivity contribution in [3.05, 3.63) is 72.3 Å². The van der Waals surface area contributed by atoms with Crippen molar-refractivity contribution in [1.82, 2.24) is 9.97 Å². The van der Waals surface area contributed by atoms with Crippen LogP contribution in [0.3, 0.4) is 0 Å². The molecule has 1 heterocycles. The van der Waals surface area contributed by atoms with Crippen molar-refractivity contribution in [2.24, 2.45) is 0 Å². The number of hydrogen-bond donors (Lipinski definition) is 3. The minimum Gasteiger partial charge on any atom is -0.497 e. The Morgan fingerprint density at radius 2 is 1.68 bits per heavy atom. The van der Waals surface area contributed by atoms with Gasteiger partial charge in [0.15, 0.2) is 0 Å². The van der Waals surface area contributed by atoms with Gasteiger partial charge in [-0.3, -0.25) is 4.79 Å². The van der Waals surface area contributed by atoms with E-state index in [9.17, 15) is 4.79 Å². The topological polar surface area (TPSA) is 79.0 Å². The van der Waals surface area contributed by atoms with Crippen LogP contribution >= 0.6 is 0 Å². The number of H-pyrrole nitrogens is 1. The van der Waals surface area contributed by atoms with Crippen LogP contribution in [-0.4, -0.2) is 30.0 Å². The zero-order chi connectivity index (χ0) is 19.5. The number of aromatic nitrogens is 2. The molecular formula is C22H20N4O2. The number of ether oxygens (including phenoxy) is 1. The first-order valence-electron chi connectivity index (χ1n) is 8.89. The van der Waals surface area contributed by atoms with Gasteiger partial charge < -0.3 is 20.4 Å². The number of fused-ring (bicyclic) bond motifs is 1. The predicted octanol–water partition coefficient (Wildman–Crippen LogP) is 4.53. The number of aromatic amines is 1. The summed E-state index contributed by atoms with van der Waals surface area (Å²) in [7, 11) is 3.48. The van der Waals surface area contributed by atoms with Gasteiger partial charge in [0, 0.05) is 29.5 Å². The SMILES string of the molecule is CNc1ccc(C(=O)Nc2ccc3nc(-c4ccc(OC)cc4)[nH]c3c2)cc1. The van der Waals surface area contributed by atoms with E-state index in [1.807, 2.05) is 61.6 Å². The van der Waals surface area contributed by atoms with E-state index in [0.717, 1.165) is 33.9 Å². The molecule has 0 radical (unpaired) electrons. The first kappa shape index (κ1) is 17.6. The lowest BCUT2D eigenvalue weighted by Crippen LogP contribution is -2.11.